The lowest BCUT2D eigenvalue weighted by Gasteiger charge is -2.30. The minimum absolute atomic E-state index is 0.114. The largest absolute Gasteiger partial charge is 0.497 e. The van der Waals surface area contributed by atoms with Crippen LogP contribution >= 0.6 is 0 Å². The molecular formula is C21H28N2O6. The SMILES string of the molecule is CNC(O)COC(=O)NCCC1OCC(c2cccc3cc(OC)ccc23)CO1. The van der Waals surface area contributed by atoms with Crippen LogP contribution in [0.2, 0.25) is 0 Å². The molecule has 1 amide bonds. The maximum Gasteiger partial charge on any atom is 0.407 e. The van der Waals surface area contributed by atoms with Crippen molar-refractivity contribution in [2.24, 2.45) is 0 Å². The molecule has 0 saturated carbocycles. The Bertz CT molecular complexity index is 807. The van der Waals surface area contributed by atoms with Crippen molar-refractivity contribution in [1.29, 1.82) is 0 Å². The molecule has 1 aliphatic heterocycles. The van der Waals surface area contributed by atoms with E-state index in [9.17, 15) is 9.90 Å². The van der Waals surface area contributed by atoms with E-state index in [0.29, 0.717) is 26.2 Å². The lowest BCUT2D eigenvalue weighted by molar-refractivity contribution is -0.188. The fourth-order valence-corrected chi connectivity index (χ4v) is 3.24. The van der Waals surface area contributed by atoms with Crippen LogP contribution < -0.4 is 15.4 Å². The minimum Gasteiger partial charge on any atom is -0.497 e. The maximum absolute atomic E-state index is 11.5. The highest BCUT2D eigenvalue weighted by Crippen LogP contribution is 2.31. The molecule has 29 heavy (non-hydrogen) atoms. The number of alkyl carbamates (subject to hydrolysis) is 1. The number of carbonyl (C=O) groups excluding carboxylic acids is 1. The molecule has 1 unspecified atom stereocenters. The molecule has 0 aromatic heterocycles. The van der Waals surface area contributed by atoms with Crippen LogP contribution in [0.15, 0.2) is 36.4 Å². The lowest BCUT2D eigenvalue weighted by atomic mass is 9.94. The van der Waals surface area contributed by atoms with Gasteiger partial charge in [-0.05, 0) is 35.5 Å². The van der Waals surface area contributed by atoms with E-state index >= 15 is 0 Å². The highest BCUT2D eigenvalue weighted by atomic mass is 16.7. The Kier molecular flexibility index (Phi) is 7.65. The van der Waals surface area contributed by atoms with Crippen LogP contribution in [0.5, 0.6) is 5.75 Å². The number of benzene rings is 2. The van der Waals surface area contributed by atoms with Crippen LogP contribution in [0.1, 0.15) is 17.9 Å². The molecule has 1 heterocycles. The summed E-state index contributed by atoms with van der Waals surface area (Å²) in [6.07, 6.45) is -1.31. The highest BCUT2D eigenvalue weighted by Gasteiger charge is 2.24. The summed E-state index contributed by atoms with van der Waals surface area (Å²) in [5.74, 6) is 0.974. The van der Waals surface area contributed by atoms with E-state index < -0.39 is 12.3 Å². The molecule has 8 heteroatoms. The molecule has 1 aliphatic rings. The van der Waals surface area contributed by atoms with E-state index in [4.69, 9.17) is 18.9 Å². The Morgan fingerprint density at radius 3 is 2.79 bits per heavy atom. The number of carbonyl (C=O) groups is 1. The Morgan fingerprint density at radius 2 is 2.07 bits per heavy atom. The van der Waals surface area contributed by atoms with Gasteiger partial charge in [0.25, 0.3) is 0 Å². The molecule has 1 saturated heterocycles. The van der Waals surface area contributed by atoms with Crippen molar-refractivity contribution in [3.05, 3.63) is 42.0 Å². The summed E-state index contributed by atoms with van der Waals surface area (Å²) in [5, 5.41) is 16.8. The zero-order chi connectivity index (χ0) is 20.6. The Balaban J connectivity index is 1.46. The zero-order valence-corrected chi connectivity index (χ0v) is 16.7. The second-order valence-electron chi connectivity index (χ2n) is 6.85. The molecule has 0 spiro atoms. The summed E-state index contributed by atoms with van der Waals surface area (Å²) in [7, 11) is 3.24. The summed E-state index contributed by atoms with van der Waals surface area (Å²) in [5.41, 5.74) is 1.19. The average Bonchev–Trinajstić information content (AvgIpc) is 2.77. The highest BCUT2D eigenvalue weighted by molar-refractivity contribution is 5.87. The summed E-state index contributed by atoms with van der Waals surface area (Å²) in [4.78, 5) is 11.5. The lowest BCUT2D eigenvalue weighted by Crippen LogP contribution is -2.36. The number of aliphatic hydroxyl groups is 1. The molecule has 1 atom stereocenters. The van der Waals surface area contributed by atoms with Crippen LogP contribution in [0.25, 0.3) is 10.8 Å². The van der Waals surface area contributed by atoms with Gasteiger partial charge < -0.3 is 29.4 Å². The van der Waals surface area contributed by atoms with Crippen molar-refractivity contribution in [2.75, 3.05) is 40.5 Å². The summed E-state index contributed by atoms with van der Waals surface area (Å²) < 4.78 is 21.9. The number of nitrogens with one attached hydrogen (secondary N) is 2. The topological polar surface area (TPSA) is 98.3 Å². The monoisotopic (exact) mass is 404 g/mol. The second-order valence-corrected chi connectivity index (χ2v) is 6.85. The smallest absolute Gasteiger partial charge is 0.407 e. The fraction of sp³-hybridized carbons (Fsp3) is 0.476. The molecule has 158 valence electrons. The molecular weight excluding hydrogens is 376 g/mol. The van der Waals surface area contributed by atoms with Gasteiger partial charge in [-0.2, -0.15) is 0 Å². The number of hydrogen-bond donors (Lipinski definition) is 3. The fourth-order valence-electron chi connectivity index (χ4n) is 3.24. The number of likely N-dealkylation sites (N-methyl/N-ethyl adjacent to an activating group) is 1. The molecule has 0 bridgehead atoms. The predicted molar refractivity (Wildman–Crippen MR) is 108 cm³/mol. The van der Waals surface area contributed by atoms with Crippen LogP contribution in [-0.4, -0.2) is 64.2 Å². The van der Waals surface area contributed by atoms with Gasteiger partial charge in [0, 0.05) is 18.9 Å². The third kappa shape index (κ3) is 5.80. The summed E-state index contributed by atoms with van der Waals surface area (Å²) in [6.45, 7) is 1.35. The zero-order valence-electron chi connectivity index (χ0n) is 16.7. The van der Waals surface area contributed by atoms with Crippen molar-refractivity contribution in [3.63, 3.8) is 0 Å². The number of fused-ring (bicyclic) bond motifs is 1. The number of rotatable bonds is 8. The Morgan fingerprint density at radius 1 is 1.28 bits per heavy atom. The van der Waals surface area contributed by atoms with Gasteiger partial charge in [0.15, 0.2) is 6.29 Å². The van der Waals surface area contributed by atoms with Crippen molar-refractivity contribution >= 4 is 16.9 Å². The van der Waals surface area contributed by atoms with E-state index in [0.717, 1.165) is 16.5 Å². The van der Waals surface area contributed by atoms with Gasteiger partial charge in [0.2, 0.25) is 0 Å². The molecule has 2 aromatic rings. The molecule has 2 aromatic carbocycles. The average molecular weight is 404 g/mol. The minimum atomic E-state index is -0.877. The molecule has 8 nitrogen and oxygen atoms in total. The molecule has 1 fully saturated rings. The van der Waals surface area contributed by atoms with E-state index in [1.807, 2.05) is 18.2 Å². The quantitative estimate of drug-likeness (QED) is 0.579. The first-order valence-electron chi connectivity index (χ1n) is 9.66. The van der Waals surface area contributed by atoms with Crippen LogP contribution in [0, 0.1) is 0 Å². The molecule has 0 radical (unpaired) electrons. The van der Waals surface area contributed by atoms with E-state index in [-0.39, 0.29) is 18.8 Å². The van der Waals surface area contributed by atoms with Gasteiger partial charge >= 0.3 is 6.09 Å². The van der Waals surface area contributed by atoms with Crippen LogP contribution in [0.3, 0.4) is 0 Å². The Labute approximate surface area is 170 Å². The second kappa shape index (κ2) is 10.4. The summed E-state index contributed by atoms with van der Waals surface area (Å²) >= 11 is 0. The first-order valence-corrected chi connectivity index (χ1v) is 9.66. The van der Waals surface area contributed by atoms with E-state index in [1.165, 1.54) is 5.56 Å². The standard InChI is InChI=1S/C21H28N2O6/c1-22-19(24)13-29-21(25)23-9-8-20-27-11-15(12-28-20)17-5-3-4-14-10-16(26-2)6-7-18(14)17/h3-7,10,15,19-20,22,24H,8-9,11-13H2,1-2H3,(H,23,25). The van der Waals surface area contributed by atoms with Gasteiger partial charge in [-0.15, -0.1) is 0 Å². The van der Waals surface area contributed by atoms with Gasteiger partial charge in [0.05, 0.1) is 20.3 Å². The summed E-state index contributed by atoms with van der Waals surface area (Å²) in [6, 6.07) is 12.2. The van der Waals surface area contributed by atoms with Gasteiger partial charge in [0.1, 0.15) is 18.6 Å². The van der Waals surface area contributed by atoms with Crippen LogP contribution in [0.4, 0.5) is 4.79 Å². The predicted octanol–water partition coefficient (Wildman–Crippen LogP) is 1.96. The third-order valence-electron chi connectivity index (χ3n) is 4.88. The molecule has 3 rings (SSSR count). The number of aliphatic hydroxyl groups excluding tert-OH is 1. The van der Waals surface area contributed by atoms with Crippen molar-refractivity contribution in [1.82, 2.24) is 10.6 Å². The first-order chi connectivity index (χ1) is 14.1. The Hall–Kier alpha value is -2.39. The number of amides is 1. The molecule has 0 aliphatic carbocycles. The number of methoxy groups -OCH3 is 1. The van der Waals surface area contributed by atoms with Crippen LogP contribution in [-0.2, 0) is 14.2 Å². The van der Waals surface area contributed by atoms with Gasteiger partial charge in [-0.3, -0.25) is 5.32 Å². The third-order valence-corrected chi connectivity index (χ3v) is 4.88. The van der Waals surface area contributed by atoms with Crippen molar-refractivity contribution in [3.8, 4) is 5.75 Å². The number of ether oxygens (including phenoxy) is 4. The van der Waals surface area contributed by atoms with Gasteiger partial charge in [-0.1, -0.05) is 24.3 Å². The number of hydrogen-bond acceptors (Lipinski definition) is 7. The normalized spacial score (nSPS) is 20.2. The first kappa shape index (κ1) is 21.3. The van der Waals surface area contributed by atoms with Crippen molar-refractivity contribution in [2.45, 2.75) is 24.9 Å². The van der Waals surface area contributed by atoms with Crippen molar-refractivity contribution < 1.29 is 28.8 Å². The van der Waals surface area contributed by atoms with E-state index in [1.54, 1.807) is 14.2 Å². The van der Waals surface area contributed by atoms with Gasteiger partial charge in [-0.25, -0.2) is 4.79 Å². The van der Waals surface area contributed by atoms with E-state index in [2.05, 4.69) is 28.8 Å². The molecule has 3 N–H and O–H groups in total. The maximum atomic E-state index is 11.5.